The Labute approximate surface area is 219 Å². The molecule has 1 aromatic heterocycles. The maximum absolute atomic E-state index is 13.5. The van der Waals surface area contributed by atoms with Crippen molar-refractivity contribution in [2.24, 2.45) is 5.92 Å². The number of pyridine rings is 1. The highest BCUT2D eigenvalue weighted by atomic mass is 35.5. The van der Waals surface area contributed by atoms with Crippen LogP contribution in [0.2, 0.25) is 5.15 Å². The minimum Gasteiger partial charge on any atom is -0.380 e. The van der Waals surface area contributed by atoms with E-state index in [4.69, 9.17) is 16.3 Å². The van der Waals surface area contributed by atoms with Crippen LogP contribution in [0.1, 0.15) is 48.0 Å². The number of piperidine rings is 1. The van der Waals surface area contributed by atoms with Crippen molar-refractivity contribution in [1.82, 2.24) is 14.8 Å². The number of rotatable bonds is 8. The van der Waals surface area contributed by atoms with Gasteiger partial charge in [0.05, 0.1) is 17.6 Å². The largest absolute Gasteiger partial charge is 0.380 e. The lowest BCUT2D eigenvalue weighted by atomic mass is 9.78. The summed E-state index contributed by atoms with van der Waals surface area (Å²) >= 11 is 6.31. The number of carbonyl (C=O) groups excluding carboxylic acids is 2. The monoisotopic (exact) mass is 512 g/mol. The maximum Gasteiger partial charge on any atom is 0.256 e. The summed E-state index contributed by atoms with van der Waals surface area (Å²) < 4.78 is 5.68. The van der Waals surface area contributed by atoms with Gasteiger partial charge in [0, 0.05) is 47.4 Å². The summed E-state index contributed by atoms with van der Waals surface area (Å²) in [5.41, 5.74) is 0.930. The second-order valence-electron chi connectivity index (χ2n) is 10.3. The van der Waals surface area contributed by atoms with Gasteiger partial charge >= 0.3 is 0 Å². The first kappa shape index (κ1) is 26.4. The van der Waals surface area contributed by atoms with E-state index in [9.17, 15) is 9.59 Å². The highest BCUT2D eigenvalue weighted by Gasteiger charge is 2.45. The van der Waals surface area contributed by atoms with Gasteiger partial charge < -0.3 is 19.4 Å². The van der Waals surface area contributed by atoms with Crippen LogP contribution in [0.5, 0.6) is 0 Å². The number of nitrogens with zero attached hydrogens (tertiary/aromatic N) is 4. The summed E-state index contributed by atoms with van der Waals surface area (Å²) in [6, 6.07) is 13.7. The Morgan fingerprint density at radius 2 is 1.83 bits per heavy atom. The average molecular weight is 513 g/mol. The standard InChI is InChI=1S/C28H37ClN4O3/c1-31(2)26(34)23-11-12-24(30-25(23)29)33-17-13-21(14-18-33)8-7-16-32(3)27(35)28(15-19-36-20-28)22-9-5-4-6-10-22/h4-6,9-12,21H,7-8,13-20H2,1-3H3/t28-/m1/s1. The number of carbonyl (C=O) groups is 2. The normalized spacial score (nSPS) is 20.4. The summed E-state index contributed by atoms with van der Waals surface area (Å²) in [6.07, 6.45) is 4.99. The molecule has 2 saturated heterocycles. The van der Waals surface area contributed by atoms with Gasteiger partial charge in [-0.2, -0.15) is 0 Å². The summed E-state index contributed by atoms with van der Waals surface area (Å²) in [4.78, 5) is 35.8. The molecule has 0 unspecified atom stereocenters. The van der Waals surface area contributed by atoms with Crippen LogP contribution in [-0.2, 0) is 14.9 Å². The molecule has 8 heteroatoms. The van der Waals surface area contributed by atoms with Crippen molar-refractivity contribution < 1.29 is 14.3 Å². The molecule has 1 aromatic carbocycles. The number of hydrogen-bond acceptors (Lipinski definition) is 5. The van der Waals surface area contributed by atoms with E-state index < -0.39 is 5.41 Å². The van der Waals surface area contributed by atoms with E-state index in [-0.39, 0.29) is 17.0 Å². The lowest BCUT2D eigenvalue weighted by Crippen LogP contribution is -2.46. The molecule has 4 rings (SSSR count). The predicted molar refractivity (Wildman–Crippen MR) is 143 cm³/mol. The third-order valence-corrected chi connectivity index (χ3v) is 7.91. The lowest BCUT2D eigenvalue weighted by Gasteiger charge is -2.34. The number of ether oxygens (including phenoxy) is 1. The topological polar surface area (TPSA) is 66.0 Å². The number of hydrogen-bond donors (Lipinski definition) is 0. The van der Waals surface area contributed by atoms with E-state index in [1.807, 2.05) is 48.3 Å². The van der Waals surface area contributed by atoms with Crippen molar-refractivity contribution in [2.75, 3.05) is 58.9 Å². The lowest BCUT2D eigenvalue weighted by molar-refractivity contribution is -0.136. The predicted octanol–water partition coefficient (Wildman–Crippen LogP) is 4.25. The fraction of sp³-hybridized carbons (Fsp3) is 0.536. The fourth-order valence-electron chi connectivity index (χ4n) is 5.38. The summed E-state index contributed by atoms with van der Waals surface area (Å²) in [6.45, 7) is 3.67. The van der Waals surface area contributed by atoms with Gasteiger partial charge in [0.15, 0.2) is 0 Å². The highest BCUT2D eigenvalue weighted by Crippen LogP contribution is 2.35. The summed E-state index contributed by atoms with van der Waals surface area (Å²) in [5.74, 6) is 1.48. The maximum atomic E-state index is 13.5. The van der Waals surface area contributed by atoms with Crippen molar-refractivity contribution in [3.63, 3.8) is 0 Å². The quantitative estimate of drug-likeness (QED) is 0.495. The highest BCUT2D eigenvalue weighted by molar-refractivity contribution is 6.32. The second kappa shape index (κ2) is 11.6. The number of halogens is 1. The molecule has 2 aromatic rings. The fourth-order valence-corrected chi connectivity index (χ4v) is 5.61. The average Bonchev–Trinajstić information content (AvgIpc) is 3.40. The van der Waals surface area contributed by atoms with Crippen molar-refractivity contribution in [1.29, 1.82) is 0 Å². The molecule has 7 nitrogen and oxygen atoms in total. The number of benzene rings is 1. The van der Waals surface area contributed by atoms with E-state index >= 15 is 0 Å². The van der Waals surface area contributed by atoms with E-state index in [1.165, 1.54) is 4.90 Å². The second-order valence-corrected chi connectivity index (χ2v) is 10.6. The Hall–Kier alpha value is -2.64. The van der Waals surface area contributed by atoms with Gasteiger partial charge in [-0.05, 0) is 55.7 Å². The van der Waals surface area contributed by atoms with Gasteiger partial charge in [-0.15, -0.1) is 0 Å². The van der Waals surface area contributed by atoms with Gasteiger partial charge in [0.25, 0.3) is 5.91 Å². The zero-order valence-corrected chi connectivity index (χ0v) is 22.3. The molecule has 2 amide bonds. The Morgan fingerprint density at radius 1 is 1.11 bits per heavy atom. The number of amides is 2. The van der Waals surface area contributed by atoms with Crippen molar-refractivity contribution in [3.05, 3.63) is 58.7 Å². The molecule has 0 spiro atoms. The molecule has 194 valence electrons. The third-order valence-electron chi connectivity index (χ3n) is 7.62. The van der Waals surface area contributed by atoms with Gasteiger partial charge in [-0.25, -0.2) is 4.98 Å². The van der Waals surface area contributed by atoms with Crippen LogP contribution in [0.15, 0.2) is 42.5 Å². The number of likely N-dealkylation sites (N-methyl/N-ethyl adjacent to an activating group) is 1. The van der Waals surface area contributed by atoms with Gasteiger partial charge in [-0.1, -0.05) is 41.9 Å². The minimum atomic E-state index is -0.553. The molecule has 0 aliphatic carbocycles. The molecule has 0 N–H and O–H groups in total. The molecule has 2 fully saturated rings. The van der Waals surface area contributed by atoms with Gasteiger partial charge in [0.2, 0.25) is 5.91 Å². The van der Waals surface area contributed by atoms with E-state index in [0.29, 0.717) is 24.7 Å². The van der Waals surface area contributed by atoms with Crippen LogP contribution in [0.4, 0.5) is 5.82 Å². The molecule has 0 radical (unpaired) electrons. The zero-order chi connectivity index (χ0) is 25.7. The van der Waals surface area contributed by atoms with Crippen LogP contribution in [0.25, 0.3) is 0 Å². The van der Waals surface area contributed by atoms with Crippen molar-refractivity contribution in [3.8, 4) is 0 Å². The van der Waals surface area contributed by atoms with Crippen LogP contribution in [0.3, 0.4) is 0 Å². The SMILES string of the molecule is CN(C)C(=O)c1ccc(N2CCC(CCCN(C)C(=O)[C@]3(c4ccccc4)CCOC3)CC2)nc1Cl. The first-order valence-electron chi connectivity index (χ1n) is 12.8. The van der Waals surface area contributed by atoms with Crippen LogP contribution in [0, 0.1) is 5.92 Å². The summed E-state index contributed by atoms with van der Waals surface area (Å²) in [5, 5.41) is 0.252. The molecule has 0 saturated carbocycles. The first-order chi connectivity index (χ1) is 17.3. The molecule has 2 aliphatic rings. The Balaban J connectivity index is 1.25. The van der Waals surface area contributed by atoms with E-state index in [1.54, 1.807) is 20.2 Å². The number of anilines is 1. The Kier molecular flexibility index (Phi) is 8.52. The molecule has 1 atom stereocenters. The van der Waals surface area contributed by atoms with Gasteiger partial charge in [-0.3, -0.25) is 9.59 Å². The third kappa shape index (κ3) is 5.68. The molecular weight excluding hydrogens is 476 g/mol. The van der Waals surface area contributed by atoms with E-state index in [0.717, 1.165) is 63.1 Å². The zero-order valence-electron chi connectivity index (χ0n) is 21.6. The van der Waals surface area contributed by atoms with Crippen LogP contribution in [-0.4, -0.2) is 80.6 Å². The van der Waals surface area contributed by atoms with Crippen molar-refractivity contribution >= 4 is 29.2 Å². The van der Waals surface area contributed by atoms with Gasteiger partial charge in [0.1, 0.15) is 11.0 Å². The molecule has 36 heavy (non-hydrogen) atoms. The Morgan fingerprint density at radius 3 is 2.44 bits per heavy atom. The minimum absolute atomic E-state index is 0.142. The molecular formula is C28H37ClN4O3. The molecule has 2 aliphatic heterocycles. The van der Waals surface area contributed by atoms with E-state index in [2.05, 4.69) is 9.88 Å². The Bertz CT molecular complexity index is 1050. The first-order valence-corrected chi connectivity index (χ1v) is 13.2. The van der Waals surface area contributed by atoms with Crippen LogP contribution < -0.4 is 4.90 Å². The summed E-state index contributed by atoms with van der Waals surface area (Å²) in [7, 11) is 5.33. The number of aromatic nitrogens is 1. The smallest absolute Gasteiger partial charge is 0.256 e. The molecule has 0 bridgehead atoms. The van der Waals surface area contributed by atoms with Crippen molar-refractivity contribution in [2.45, 2.75) is 37.5 Å². The molecule has 3 heterocycles. The van der Waals surface area contributed by atoms with Crippen LogP contribution >= 0.6 is 11.6 Å².